The molecule has 5 nitrogen and oxygen atoms in total. The fourth-order valence-corrected chi connectivity index (χ4v) is 2.51. The molecule has 1 heterocycles. The number of nitrogens with zero attached hydrogens (tertiary/aromatic N) is 1. The molecule has 0 saturated heterocycles. The number of aliphatic hydroxyl groups excluding tert-OH is 1. The third-order valence-corrected chi connectivity index (χ3v) is 3.52. The first-order valence-electron chi connectivity index (χ1n) is 5.91. The predicted octanol–water partition coefficient (Wildman–Crippen LogP) is 2.62. The van der Waals surface area contributed by atoms with Crippen LogP contribution in [0.5, 0.6) is 0 Å². The molecule has 0 bridgehead atoms. The number of aliphatic hydroxyl groups is 1. The maximum atomic E-state index is 13.1. The third kappa shape index (κ3) is 3.60. The second-order valence-corrected chi connectivity index (χ2v) is 5.01. The van der Waals surface area contributed by atoms with Crippen LogP contribution in [0.1, 0.15) is 17.2 Å². The van der Waals surface area contributed by atoms with Gasteiger partial charge in [-0.15, -0.1) is 0 Å². The van der Waals surface area contributed by atoms with E-state index in [1.54, 1.807) is 0 Å². The van der Waals surface area contributed by atoms with Gasteiger partial charge >= 0.3 is 0 Å². The Bertz CT molecular complexity index is 589. The summed E-state index contributed by atoms with van der Waals surface area (Å²) in [5, 5.41) is 27.3. The van der Waals surface area contributed by atoms with Crippen molar-refractivity contribution in [2.24, 2.45) is 0 Å². The monoisotopic (exact) mass is 296 g/mol. The second-order valence-electron chi connectivity index (χ2n) is 4.23. The number of nitrogens with one attached hydrogen (secondary N) is 1. The van der Waals surface area contributed by atoms with Crippen molar-refractivity contribution >= 4 is 17.0 Å². The standard InChI is InChI=1S/C13H13FN2O3S/c14-11-1-2-12(16(18)19)10(5-11)6-15-7-13(17)9-3-4-20-8-9/h1-5,8,13,15,17H,6-7H2. The van der Waals surface area contributed by atoms with Crippen LogP contribution in [0.15, 0.2) is 35.0 Å². The highest BCUT2D eigenvalue weighted by Crippen LogP contribution is 2.20. The van der Waals surface area contributed by atoms with Gasteiger partial charge < -0.3 is 10.4 Å². The maximum Gasteiger partial charge on any atom is 0.274 e. The zero-order valence-electron chi connectivity index (χ0n) is 10.5. The first-order valence-corrected chi connectivity index (χ1v) is 6.86. The summed E-state index contributed by atoms with van der Waals surface area (Å²) in [6.07, 6.45) is -0.686. The van der Waals surface area contributed by atoms with Gasteiger partial charge in [0.05, 0.1) is 11.0 Å². The minimum absolute atomic E-state index is 0.120. The number of thiophene rings is 1. The lowest BCUT2D eigenvalue weighted by Gasteiger charge is -2.10. The fourth-order valence-electron chi connectivity index (χ4n) is 1.80. The molecule has 0 aliphatic rings. The van der Waals surface area contributed by atoms with Gasteiger partial charge in [-0.3, -0.25) is 10.1 Å². The zero-order chi connectivity index (χ0) is 14.5. The van der Waals surface area contributed by atoms with Crippen molar-refractivity contribution in [2.45, 2.75) is 12.6 Å². The molecular formula is C13H13FN2O3S. The van der Waals surface area contributed by atoms with Gasteiger partial charge in [-0.1, -0.05) is 0 Å². The van der Waals surface area contributed by atoms with E-state index in [0.29, 0.717) is 0 Å². The van der Waals surface area contributed by atoms with Crippen LogP contribution in [0, 0.1) is 15.9 Å². The lowest BCUT2D eigenvalue weighted by atomic mass is 10.1. The maximum absolute atomic E-state index is 13.1. The van der Waals surface area contributed by atoms with Crippen molar-refractivity contribution < 1.29 is 14.4 Å². The average molecular weight is 296 g/mol. The summed E-state index contributed by atoms with van der Waals surface area (Å²) in [6, 6.07) is 5.13. The Morgan fingerprint density at radius 1 is 1.45 bits per heavy atom. The second kappa shape index (κ2) is 6.56. The van der Waals surface area contributed by atoms with Crippen molar-refractivity contribution in [1.29, 1.82) is 0 Å². The molecule has 0 radical (unpaired) electrons. The first kappa shape index (κ1) is 14.6. The number of nitro benzene ring substituents is 1. The molecule has 2 aromatic rings. The van der Waals surface area contributed by atoms with Crippen LogP contribution in [0.25, 0.3) is 0 Å². The molecule has 1 aromatic heterocycles. The summed E-state index contributed by atoms with van der Waals surface area (Å²) >= 11 is 1.48. The minimum atomic E-state index is -0.686. The minimum Gasteiger partial charge on any atom is -0.387 e. The zero-order valence-corrected chi connectivity index (χ0v) is 11.3. The van der Waals surface area contributed by atoms with E-state index in [-0.39, 0.29) is 24.3 Å². The summed E-state index contributed by atoms with van der Waals surface area (Å²) in [7, 11) is 0. The Hall–Kier alpha value is -1.83. The highest BCUT2D eigenvalue weighted by molar-refractivity contribution is 7.07. The van der Waals surface area contributed by atoms with Crippen molar-refractivity contribution in [2.75, 3.05) is 6.54 Å². The van der Waals surface area contributed by atoms with Gasteiger partial charge in [0.15, 0.2) is 0 Å². The van der Waals surface area contributed by atoms with Gasteiger partial charge in [-0.25, -0.2) is 4.39 Å². The fraction of sp³-hybridized carbons (Fsp3) is 0.231. The van der Waals surface area contributed by atoms with E-state index in [1.165, 1.54) is 11.3 Å². The molecule has 0 saturated carbocycles. The molecule has 1 unspecified atom stereocenters. The van der Waals surface area contributed by atoms with Crippen molar-refractivity contribution in [3.8, 4) is 0 Å². The van der Waals surface area contributed by atoms with Crippen LogP contribution < -0.4 is 5.32 Å². The molecule has 0 aliphatic heterocycles. The summed E-state index contributed by atoms with van der Waals surface area (Å²) in [5.41, 5.74) is 0.910. The lowest BCUT2D eigenvalue weighted by Crippen LogP contribution is -2.21. The van der Waals surface area contributed by atoms with Gasteiger partial charge in [0.25, 0.3) is 5.69 Å². The molecule has 106 valence electrons. The van der Waals surface area contributed by atoms with E-state index < -0.39 is 16.8 Å². The number of benzene rings is 1. The molecule has 0 fully saturated rings. The Labute approximate surface area is 118 Å². The van der Waals surface area contributed by atoms with Crippen molar-refractivity contribution in [3.63, 3.8) is 0 Å². The van der Waals surface area contributed by atoms with E-state index >= 15 is 0 Å². The molecule has 0 aliphatic carbocycles. The van der Waals surface area contributed by atoms with Crippen LogP contribution in [-0.4, -0.2) is 16.6 Å². The number of hydrogen-bond acceptors (Lipinski definition) is 5. The molecule has 2 rings (SSSR count). The number of halogens is 1. The van der Waals surface area contributed by atoms with Crippen LogP contribution in [0.2, 0.25) is 0 Å². The third-order valence-electron chi connectivity index (χ3n) is 2.82. The number of nitro groups is 1. The van der Waals surface area contributed by atoms with Gasteiger partial charge in [0.2, 0.25) is 0 Å². The van der Waals surface area contributed by atoms with Crippen LogP contribution in [0.4, 0.5) is 10.1 Å². The van der Waals surface area contributed by atoms with Crippen molar-refractivity contribution in [3.05, 3.63) is 62.1 Å². The highest BCUT2D eigenvalue weighted by atomic mass is 32.1. The van der Waals surface area contributed by atoms with E-state index in [0.717, 1.165) is 23.8 Å². The van der Waals surface area contributed by atoms with Gasteiger partial charge in [0.1, 0.15) is 5.82 Å². The van der Waals surface area contributed by atoms with E-state index in [9.17, 15) is 19.6 Å². The summed E-state index contributed by atoms with van der Waals surface area (Å²) in [4.78, 5) is 10.3. The van der Waals surface area contributed by atoms with E-state index in [4.69, 9.17) is 0 Å². The summed E-state index contributed by atoms with van der Waals surface area (Å²) in [5.74, 6) is -0.522. The predicted molar refractivity (Wildman–Crippen MR) is 74.0 cm³/mol. The summed E-state index contributed by atoms with van der Waals surface area (Å²) in [6.45, 7) is 0.361. The first-order chi connectivity index (χ1) is 9.58. The van der Waals surface area contributed by atoms with Gasteiger partial charge in [0, 0.05) is 24.7 Å². The normalized spacial score (nSPS) is 12.3. The Kier molecular flexibility index (Phi) is 4.78. The Balaban J connectivity index is 1.97. The molecule has 7 heteroatoms. The van der Waals surface area contributed by atoms with Crippen molar-refractivity contribution in [1.82, 2.24) is 5.32 Å². The molecule has 1 aromatic carbocycles. The highest BCUT2D eigenvalue weighted by Gasteiger charge is 2.15. The SMILES string of the molecule is O=[N+]([O-])c1ccc(F)cc1CNCC(O)c1ccsc1. The van der Waals surface area contributed by atoms with E-state index in [1.807, 2.05) is 16.8 Å². The van der Waals surface area contributed by atoms with E-state index in [2.05, 4.69) is 5.32 Å². The Morgan fingerprint density at radius 3 is 2.90 bits per heavy atom. The quantitative estimate of drug-likeness (QED) is 0.634. The molecule has 2 N–H and O–H groups in total. The van der Waals surface area contributed by atoms with Crippen LogP contribution in [0.3, 0.4) is 0 Å². The van der Waals surface area contributed by atoms with Crippen LogP contribution >= 0.6 is 11.3 Å². The molecule has 20 heavy (non-hydrogen) atoms. The number of hydrogen-bond donors (Lipinski definition) is 2. The molecule has 1 atom stereocenters. The molecular weight excluding hydrogens is 283 g/mol. The van der Waals surface area contributed by atoms with Gasteiger partial charge in [-0.2, -0.15) is 11.3 Å². The lowest BCUT2D eigenvalue weighted by molar-refractivity contribution is -0.385. The smallest absolute Gasteiger partial charge is 0.274 e. The van der Waals surface area contributed by atoms with Crippen LogP contribution in [-0.2, 0) is 6.54 Å². The topological polar surface area (TPSA) is 75.4 Å². The molecule has 0 spiro atoms. The number of rotatable bonds is 6. The van der Waals surface area contributed by atoms with Gasteiger partial charge in [-0.05, 0) is 34.5 Å². The summed E-state index contributed by atoms with van der Waals surface area (Å²) < 4.78 is 13.1. The average Bonchev–Trinajstić information content (AvgIpc) is 2.92. The largest absolute Gasteiger partial charge is 0.387 e. The Morgan fingerprint density at radius 2 is 2.25 bits per heavy atom. The molecule has 0 amide bonds.